The predicted molar refractivity (Wildman–Crippen MR) is 167 cm³/mol. The first kappa shape index (κ1) is 29.8. The smallest absolute Gasteiger partial charge is 0.272 e. The number of primary amides is 1. The van der Waals surface area contributed by atoms with Gasteiger partial charge >= 0.3 is 0 Å². The fraction of sp³-hybridized carbons (Fsp3) is 0.0909. The van der Waals surface area contributed by atoms with Crippen molar-refractivity contribution >= 4 is 52.8 Å². The SMILES string of the molecule is Cc1ccccc1/C=C(/NC(=O)c1ccccc1)C(=O)Nc1cccc(SC(C)C(=O)Nc2ccccc2C(N)=O)c1. The van der Waals surface area contributed by atoms with Gasteiger partial charge in [-0.05, 0) is 73.5 Å². The maximum atomic E-state index is 13.4. The molecule has 0 saturated carbocycles. The summed E-state index contributed by atoms with van der Waals surface area (Å²) in [5.74, 6) is -1.85. The molecule has 1 unspecified atom stereocenters. The lowest BCUT2D eigenvalue weighted by Gasteiger charge is -2.15. The van der Waals surface area contributed by atoms with Crippen molar-refractivity contribution in [3.63, 3.8) is 0 Å². The van der Waals surface area contributed by atoms with E-state index in [-0.39, 0.29) is 17.2 Å². The summed E-state index contributed by atoms with van der Waals surface area (Å²) in [5, 5.41) is 7.83. The van der Waals surface area contributed by atoms with Crippen LogP contribution in [0.5, 0.6) is 0 Å². The van der Waals surface area contributed by atoms with Crippen molar-refractivity contribution in [1.29, 1.82) is 0 Å². The summed E-state index contributed by atoms with van der Waals surface area (Å²) in [6, 6.07) is 29.8. The van der Waals surface area contributed by atoms with Gasteiger partial charge in [-0.1, -0.05) is 60.7 Å². The molecule has 0 heterocycles. The van der Waals surface area contributed by atoms with Crippen LogP contribution in [0.4, 0.5) is 11.4 Å². The Morgan fingerprint density at radius 1 is 0.810 bits per heavy atom. The van der Waals surface area contributed by atoms with E-state index in [1.54, 1.807) is 79.7 Å². The molecule has 42 heavy (non-hydrogen) atoms. The molecular formula is C33H30N4O4S. The van der Waals surface area contributed by atoms with Crippen LogP contribution in [-0.2, 0) is 9.59 Å². The van der Waals surface area contributed by atoms with Gasteiger partial charge in [0.2, 0.25) is 5.91 Å². The molecular weight excluding hydrogens is 548 g/mol. The molecule has 4 aromatic rings. The van der Waals surface area contributed by atoms with Gasteiger partial charge in [0.05, 0.1) is 16.5 Å². The maximum absolute atomic E-state index is 13.4. The first-order valence-electron chi connectivity index (χ1n) is 13.1. The first-order valence-corrected chi connectivity index (χ1v) is 14.0. The molecule has 9 heteroatoms. The lowest BCUT2D eigenvalue weighted by molar-refractivity contribution is -0.115. The number of hydrogen-bond donors (Lipinski definition) is 4. The van der Waals surface area contributed by atoms with Gasteiger partial charge in [-0.15, -0.1) is 11.8 Å². The van der Waals surface area contributed by atoms with Crippen molar-refractivity contribution in [1.82, 2.24) is 5.32 Å². The lowest BCUT2D eigenvalue weighted by Crippen LogP contribution is -2.30. The second kappa shape index (κ2) is 14.0. The Labute approximate surface area is 248 Å². The molecule has 0 saturated heterocycles. The fourth-order valence-corrected chi connectivity index (χ4v) is 4.92. The van der Waals surface area contributed by atoms with Crippen LogP contribution >= 0.6 is 11.8 Å². The first-order chi connectivity index (χ1) is 20.2. The van der Waals surface area contributed by atoms with Crippen LogP contribution in [0.1, 0.15) is 38.8 Å². The third-order valence-electron chi connectivity index (χ3n) is 6.24. The van der Waals surface area contributed by atoms with Gasteiger partial charge in [0.1, 0.15) is 5.70 Å². The van der Waals surface area contributed by atoms with E-state index in [0.717, 1.165) is 16.0 Å². The number of para-hydroxylation sites is 1. The Bertz CT molecular complexity index is 1650. The summed E-state index contributed by atoms with van der Waals surface area (Å²) in [4.78, 5) is 51.6. The van der Waals surface area contributed by atoms with Crippen molar-refractivity contribution in [2.24, 2.45) is 5.73 Å². The molecule has 0 bridgehead atoms. The molecule has 0 aliphatic rings. The van der Waals surface area contributed by atoms with Gasteiger partial charge in [0, 0.05) is 16.1 Å². The third kappa shape index (κ3) is 7.96. The minimum atomic E-state index is -0.634. The molecule has 4 aromatic carbocycles. The Morgan fingerprint density at radius 2 is 1.50 bits per heavy atom. The molecule has 4 rings (SSSR count). The quantitative estimate of drug-likeness (QED) is 0.143. The van der Waals surface area contributed by atoms with Gasteiger partial charge in [-0.25, -0.2) is 0 Å². The molecule has 8 nitrogen and oxygen atoms in total. The van der Waals surface area contributed by atoms with Gasteiger partial charge in [0.15, 0.2) is 0 Å². The number of amides is 4. The van der Waals surface area contributed by atoms with Crippen LogP contribution in [-0.4, -0.2) is 28.9 Å². The molecule has 5 N–H and O–H groups in total. The van der Waals surface area contributed by atoms with Crippen molar-refractivity contribution in [2.45, 2.75) is 24.0 Å². The Balaban J connectivity index is 1.49. The Morgan fingerprint density at radius 3 is 2.24 bits per heavy atom. The molecule has 1 atom stereocenters. The number of hydrogen-bond acceptors (Lipinski definition) is 5. The number of benzene rings is 4. The fourth-order valence-electron chi connectivity index (χ4n) is 3.99. The minimum Gasteiger partial charge on any atom is -0.366 e. The van der Waals surface area contributed by atoms with E-state index < -0.39 is 23.0 Å². The van der Waals surface area contributed by atoms with E-state index in [2.05, 4.69) is 16.0 Å². The predicted octanol–water partition coefficient (Wildman–Crippen LogP) is 5.62. The van der Waals surface area contributed by atoms with Gasteiger partial charge in [0.25, 0.3) is 17.7 Å². The number of nitrogens with two attached hydrogens (primary N) is 1. The highest BCUT2D eigenvalue weighted by atomic mass is 32.2. The number of rotatable bonds is 10. The van der Waals surface area contributed by atoms with E-state index >= 15 is 0 Å². The topological polar surface area (TPSA) is 130 Å². The molecule has 0 aliphatic heterocycles. The molecule has 0 radical (unpaired) electrons. The molecule has 0 fully saturated rings. The van der Waals surface area contributed by atoms with E-state index in [9.17, 15) is 19.2 Å². The number of thioether (sulfide) groups is 1. The number of aryl methyl sites for hydroxylation is 1. The number of nitrogens with one attached hydrogen (secondary N) is 3. The Hall–Kier alpha value is -5.15. The summed E-state index contributed by atoms with van der Waals surface area (Å²) in [5.41, 5.74) is 8.71. The van der Waals surface area contributed by atoms with Gasteiger partial charge < -0.3 is 21.7 Å². The zero-order valence-corrected chi connectivity index (χ0v) is 23.9. The van der Waals surface area contributed by atoms with E-state index in [0.29, 0.717) is 16.9 Å². The van der Waals surface area contributed by atoms with Crippen molar-refractivity contribution in [3.05, 3.63) is 131 Å². The molecule has 0 aliphatic carbocycles. The van der Waals surface area contributed by atoms with Crippen LogP contribution in [0.25, 0.3) is 6.08 Å². The largest absolute Gasteiger partial charge is 0.366 e. The van der Waals surface area contributed by atoms with Crippen LogP contribution in [0.15, 0.2) is 114 Å². The second-order valence-corrected chi connectivity index (χ2v) is 10.8. The van der Waals surface area contributed by atoms with Crippen molar-refractivity contribution in [3.8, 4) is 0 Å². The monoisotopic (exact) mass is 578 g/mol. The standard InChI is InChI=1S/C33H30N4O4S/c1-21-11-6-7-14-24(21)19-29(37-32(40)23-12-4-3-5-13-23)33(41)35-25-15-10-16-26(20-25)42-22(2)31(39)36-28-18-9-8-17-27(28)30(34)38/h3-20,22H,1-2H3,(H2,34,38)(H,35,41)(H,36,39)(H,37,40)/b29-19+. The van der Waals surface area contributed by atoms with Crippen molar-refractivity contribution in [2.75, 3.05) is 10.6 Å². The van der Waals surface area contributed by atoms with E-state index in [1.165, 1.54) is 11.8 Å². The summed E-state index contributed by atoms with van der Waals surface area (Å²) in [6.07, 6.45) is 1.64. The maximum Gasteiger partial charge on any atom is 0.272 e. The summed E-state index contributed by atoms with van der Waals surface area (Å²) < 4.78 is 0. The zero-order valence-electron chi connectivity index (χ0n) is 23.1. The third-order valence-corrected chi connectivity index (χ3v) is 7.34. The number of carbonyl (C=O) groups is 4. The molecule has 0 aromatic heterocycles. The summed E-state index contributed by atoms with van der Waals surface area (Å²) in [7, 11) is 0. The van der Waals surface area contributed by atoms with Crippen LogP contribution in [0, 0.1) is 6.92 Å². The van der Waals surface area contributed by atoms with Gasteiger partial charge in [-0.2, -0.15) is 0 Å². The normalized spacial score (nSPS) is 11.7. The second-order valence-electron chi connectivity index (χ2n) is 9.38. The zero-order chi connectivity index (χ0) is 30.1. The average molecular weight is 579 g/mol. The molecule has 4 amide bonds. The molecule has 0 spiro atoms. The molecule has 212 valence electrons. The number of anilines is 2. The minimum absolute atomic E-state index is 0.0806. The number of carbonyl (C=O) groups excluding carboxylic acids is 4. The average Bonchev–Trinajstić information content (AvgIpc) is 2.98. The summed E-state index contributed by atoms with van der Waals surface area (Å²) in [6.45, 7) is 3.66. The highest BCUT2D eigenvalue weighted by Crippen LogP contribution is 2.27. The summed E-state index contributed by atoms with van der Waals surface area (Å²) >= 11 is 1.28. The van der Waals surface area contributed by atoms with E-state index in [4.69, 9.17) is 5.73 Å². The van der Waals surface area contributed by atoms with Crippen LogP contribution < -0.4 is 21.7 Å². The Kier molecular flexibility index (Phi) is 9.91. The van der Waals surface area contributed by atoms with Gasteiger partial charge in [-0.3, -0.25) is 19.2 Å². The highest BCUT2D eigenvalue weighted by molar-refractivity contribution is 8.00. The van der Waals surface area contributed by atoms with E-state index in [1.807, 2.05) is 43.3 Å². The van der Waals surface area contributed by atoms with Crippen LogP contribution in [0.2, 0.25) is 0 Å². The highest BCUT2D eigenvalue weighted by Gasteiger charge is 2.19. The lowest BCUT2D eigenvalue weighted by atomic mass is 10.1. The van der Waals surface area contributed by atoms with Crippen LogP contribution in [0.3, 0.4) is 0 Å². The van der Waals surface area contributed by atoms with Crippen molar-refractivity contribution < 1.29 is 19.2 Å².